The molecule has 4 heterocycles. The summed E-state index contributed by atoms with van der Waals surface area (Å²) in [5.74, 6) is -0.336. The van der Waals surface area contributed by atoms with Gasteiger partial charge in [-0.05, 0) is 49.8 Å². The van der Waals surface area contributed by atoms with Gasteiger partial charge in [0.2, 0.25) is 5.88 Å². The van der Waals surface area contributed by atoms with Gasteiger partial charge in [-0.1, -0.05) is 6.07 Å². The number of aromatic nitrogens is 2. The third-order valence-electron chi connectivity index (χ3n) is 6.78. The zero-order valence-electron chi connectivity index (χ0n) is 18.4. The second kappa shape index (κ2) is 8.90. The Morgan fingerprint density at radius 2 is 2.03 bits per heavy atom. The van der Waals surface area contributed by atoms with Crippen LogP contribution in [0.4, 0.5) is 13.2 Å². The summed E-state index contributed by atoms with van der Waals surface area (Å²) in [7, 11) is 0. The number of likely N-dealkylation sites (tertiary alicyclic amines) is 1. The van der Waals surface area contributed by atoms with Crippen LogP contribution in [-0.4, -0.2) is 75.1 Å². The van der Waals surface area contributed by atoms with Crippen LogP contribution in [0.1, 0.15) is 36.2 Å². The topological polar surface area (TPSA) is 74.9 Å². The number of ether oxygens (including phenoxy) is 1. The zero-order chi connectivity index (χ0) is 24.0. The van der Waals surface area contributed by atoms with E-state index in [-0.39, 0.29) is 23.7 Å². The number of imidazole rings is 1. The number of rotatable bonds is 5. The predicted octanol–water partition coefficient (Wildman–Crippen LogP) is 2.26. The molecule has 0 aliphatic carbocycles. The molecule has 1 aromatic heterocycles. The maximum atomic E-state index is 13.2. The van der Waals surface area contributed by atoms with Crippen LogP contribution in [-0.2, 0) is 10.9 Å². The molecule has 2 N–H and O–H groups in total. The summed E-state index contributed by atoms with van der Waals surface area (Å²) < 4.78 is 47.3. The summed E-state index contributed by atoms with van der Waals surface area (Å²) in [5, 5.41) is 14.7. The van der Waals surface area contributed by atoms with Gasteiger partial charge in [0.25, 0.3) is 0 Å². The molecule has 0 radical (unpaired) electrons. The standard InChI is InChI=1S/C22H26F3N5O3S/c23-22(24,25)14-3-1-4-15(11-14)30-19(31)18-17-12-16(29(18)21(30)32)13-28(17)20(34)26-5-2-6-27-7-9-33-10-8-27/h1,3-4,11,16-17,31H,2,5-10,12-13H2,(H,26,34)/t16?,17-/m1/s1. The number of thiocarbonyl (C=S) groups is 1. The van der Waals surface area contributed by atoms with Crippen LogP contribution in [0.25, 0.3) is 5.69 Å². The molecule has 2 atom stereocenters. The van der Waals surface area contributed by atoms with Crippen LogP contribution in [0.2, 0.25) is 0 Å². The van der Waals surface area contributed by atoms with Gasteiger partial charge < -0.3 is 20.1 Å². The number of hydrogen-bond acceptors (Lipinski definition) is 5. The van der Waals surface area contributed by atoms with Crippen molar-refractivity contribution < 1.29 is 23.0 Å². The Bertz CT molecular complexity index is 1140. The van der Waals surface area contributed by atoms with Crippen LogP contribution in [0.3, 0.4) is 0 Å². The lowest BCUT2D eigenvalue weighted by Gasteiger charge is -2.30. The summed E-state index contributed by atoms with van der Waals surface area (Å²) in [6.45, 7) is 5.54. The van der Waals surface area contributed by atoms with Gasteiger partial charge in [-0.15, -0.1) is 0 Å². The van der Waals surface area contributed by atoms with Crippen LogP contribution in [0, 0.1) is 0 Å². The number of benzene rings is 1. The first-order valence-electron chi connectivity index (χ1n) is 11.3. The van der Waals surface area contributed by atoms with E-state index >= 15 is 0 Å². The molecule has 34 heavy (non-hydrogen) atoms. The summed E-state index contributed by atoms with van der Waals surface area (Å²) in [4.78, 5) is 17.4. The van der Waals surface area contributed by atoms with Crippen molar-refractivity contribution in [3.63, 3.8) is 0 Å². The molecule has 184 valence electrons. The lowest BCUT2D eigenvalue weighted by Crippen LogP contribution is -2.44. The Labute approximate surface area is 199 Å². The Hall–Kier alpha value is -2.57. The average Bonchev–Trinajstić information content (AvgIpc) is 3.48. The first-order valence-corrected chi connectivity index (χ1v) is 11.7. The summed E-state index contributed by atoms with van der Waals surface area (Å²) >= 11 is 5.59. The second-order valence-electron chi connectivity index (χ2n) is 8.84. The van der Waals surface area contributed by atoms with Crippen molar-refractivity contribution in [3.05, 3.63) is 46.0 Å². The quantitative estimate of drug-likeness (QED) is 0.485. The molecule has 0 spiro atoms. The molecule has 1 aromatic carbocycles. The molecular formula is C22H26F3N5O3S. The fraction of sp³-hybridized carbons (Fsp3) is 0.545. The van der Waals surface area contributed by atoms with Crippen LogP contribution < -0.4 is 11.0 Å². The van der Waals surface area contributed by atoms with Crippen LogP contribution in [0.5, 0.6) is 5.88 Å². The Kier molecular flexibility index (Phi) is 6.07. The van der Waals surface area contributed by atoms with Gasteiger partial charge >= 0.3 is 11.9 Å². The van der Waals surface area contributed by atoms with Crippen molar-refractivity contribution in [3.8, 4) is 11.6 Å². The van der Waals surface area contributed by atoms with E-state index in [1.807, 2.05) is 4.90 Å². The van der Waals surface area contributed by atoms with Crippen LogP contribution >= 0.6 is 12.2 Å². The minimum Gasteiger partial charge on any atom is -0.493 e. The molecule has 1 unspecified atom stereocenters. The summed E-state index contributed by atoms with van der Waals surface area (Å²) in [6.07, 6.45) is -3.01. The summed E-state index contributed by atoms with van der Waals surface area (Å²) in [6, 6.07) is 3.92. The monoisotopic (exact) mass is 497 g/mol. The van der Waals surface area contributed by atoms with E-state index in [0.29, 0.717) is 30.3 Å². The minimum absolute atomic E-state index is 0.0195. The highest BCUT2D eigenvalue weighted by Gasteiger charge is 2.48. The van der Waals surface area contributed by atoms with E-state index in [0.717, 1.165) is 56.0 Å². The fourth-order valence-corrected chi connectivity index (χ4v) is 5.45. The Morgan fingerprint density at radius 3 is 2.76 bits per heavy atom. The van der Waals surface area contributed by atoms with E-state index < -0.39 is 17.4 Å². The fourth-order valence-electron chi connectivity index (χ4n) is 5.15. The maximum Gasteiger partial charge on any atom is 0.416 e. The number of morpholine rings is 1. The number of hydrogen-bond donors (Lipinski definition) is 2. The molecule has 2 saturated heterocycles. The number of nitrogens with zero attached hydrogens (tertiary/aromatic N) is 4. The SMILES string of the molecule is O=c1n(-c2cccc(C(F)(F)F)c2)c(O)c2n1C1C[C@H]2N(C(=S)NCCCN2CCOCC2)C1. The summed E-state index contributed by atoms with van der Waals surface area (Å²) in [5.41, 5.74) is -1.04. The van der Waals surface area contributed by atoms with Gasteiger partial charge in [0.1, 0.15) is 5.69 Å². The predicted molar refractivity (Wildman–Crippen MR) is 122 cm³/mol. The third-order valence-corrected chi connectivity index (χ3v) is 7.16. The number of nitrogens with one attached hydrogen (secondary N) is 1. The average molecular weight is 498 g/mol. The molecule has 3 aliphatic heterocycles. The van der Waals surface area contributed by atoms with Crippen molar-refractivity contribution in [2.45, 2.75) is 31.1 Å². The smallest absolute Gasteiger partial charge is 0.416 e. The third kappa shape index (κ3) is 4.07. The molecule has 2 fully saturated rings. The molecule has 12 heteroatoms. The lowest BCUT2D eigenvalue weighted by atomic mass is 10.2. The van der Waals surface area contributed by atoms with E-state index in [4.69, 9.17) is 17.0 Å². The van der Waals surface area contributed by atoms with Gasteiger partial charge in [0.15, 0.2) is 5.11 Å². The molecular weight excluding hydrogens is 471 g/mol. The first kappa shape index (κ1) is 23.2. The number of halogens is 3. The molecule has 2 bridgehead atoms. The van der Waals surface area contributed by atoms with Crippen molar-refractivity contribution in [2.24, 2.45) is 0 Å². The molecule has 0 saturated carbocycles. The van der Waals surface area contributed by atoms with E-state index in [1.54, 1.807) is 0 Å². The van der Waals surface area contributed by atoms with E-state index in [2.05, 4.69) is 10.2 Å². The van der Waals surface area contributed by atoms with Crippen molar-refractivity contribution >= 4 is 17.3 Å². The molecule has 3 aliphatic rings. The van der Waals surface area contributed by atoms with Crippen LogP contribution in [0.15, 0.2) is 29.1 Å². The van der Waals surface area contributed by atoms with Crippen molar-refractivity contribution in [1.82, 2.24) is 24.3 Å². The van der Waals surface area contributed by atoms with E-state index in [1.165, 1.54) is 16.7 Å². The molecule has 5 rings (SSSR count). The number of alkyl halides is 3. The van der Waals surface area contributed by atoms with Crippen molar-refractivity contribution in [1.29, 1.82) is 0 Å². The molecule has 0 amide bonds. The zero-order valence-corrected chi connectivity index (χ0v) is 19.2. The molecule has 8 nitrogen and oxygen atoms in total. The highest BCUT2D eigenvalue weighted by molar-refractivity contribution is 7.80. The largest absolute Gasteiger partial charge is 0.493 e. The lowest BCUT2D eigenvalue weighted by molar-refractivity contribution is -0.137. The normalized spacial score (nSPS) is 22.3. The Morgan fingerprint density at radius 1 is 1.26 bits per heavy atom. The van der Waals surface area contributed by atoms with Gasteiger partial charge in [-0.3, -0.25) is 9.47 Å². The van der Waals surface area contributed by atoms with Gasteiger partial charge in [-0.25, -0.2) is 9.36 Å². The highest BCUT2D eigenvalue weighted by Crippen LogP contribution is 2.48. The second-order valence-corrected chi connectivity index (χ2v) is 9.23. The Balaban J connectivity index is 1.30. The highest BCUT2D eigenvalue weighted by atomic mass is 32.1. The minimum atomic E-state index is -4.55. The van der Waals surface area contributed by atoms with E-state index in [9.17, 15) is 23.1 Å². The maximum absolute atomic E-state index is 13.2. The first-order chi connectivity index (χ1) is 16.3. The van der Waals surface area contributed by atoms with Gasteiger partial charge in [0.05, 0.1) is 36.5 Å². The number of fused-ring (bicyclic) bond motifs is 5. The van der Waals surface area contributed by atoms with Crippen molar-refractivity contribution in [2.75, 3.05) is 45.9 Å². The van der Waals surface area contributed by atoms with Gasteiger partial charge in [-0.2, -0.15) is 13.2 Å². The van der Waals surface area contributed by atoms with Gasteiger partial charge in [0, 0.05) is 26.2 Å². The molecule has 2 aromatic rings. The number of aromatic hydroxyl groups is 1.